The number of sulfonamides is 1. The Bertz CT molecular complexity index is 548. The lowest BCUT2D eigenvalue weighted by Crippen LogP contribution is -2.32. The van der Waals surface area contributed by atoms with Gasteiger partial charge in [-0.3, -0.25) is 0 Å². The molecule has 1 heterocycles. The summed E-state index contributed by atoms with van der Waals surface area (Å²) in [7, 11) is -3.55. The van der Waals surface area contributed by atoms with Gasteiger partial charge in [-0.05, 0) is 43.5 Å². The highest BCUT2D eigenvalue weighted by atomic mass is 32.2. The average molecular weight is 272 g/mol. The third-order valence-corrected chi connectivity index (χ3v) is 5.08. The highest BCUT2D eigenvalue weighted by molar-refractivity contribution is 7.89. The van der Waals surface area contributed by atoms with Gasteiger partial charge in [-0.15, -0.1) is 0 Å². The molecular formula is C12H17FN2O2S. The first-order valence-electron chi connectivity index (χ1n) is 5.85. The van der Waals surface area contributed by atoms with Gasteiger partial charge in [0.05, 0.1) is 4.90 Å². The fraction of sp³-hybridized carbons (Fsp3) is 0.500. The third kappa shape index (κ3) is 2.28. The van der Waals surface area contributed by atoms with E-state index in [9.17, 15) is 12.8 Å². The van der Waals surface area contributed by atoms with Gasteiger partial charge in [0, 0.05) is 19.1 Å². The number of nitrogens with two attached hydrogens (primary N) is 1. The van der Waals surface area contributed by atoms with Gasteiger partial charge in [0.1, 0.15) is 5.82 Å². The molecule has 4 nitrogen and oxygen atoms in total. The summed E-state index contributed by atoms with van der Waals surface area (Å²) in [6.07, 6.45) is 0.665. The lowest BCUT2D eigenvalue weighted by molar-refractivity contribution is 0.472. The number of halogens is 1. The van der Waals surface area contributed by atoms with Crippen LogP contribution in [0, 0.1) is 19.7 Å². The van der Waals surface area contributed by atoms with Crippen molar-refractivity contribution in [3.63, 3.8) is 0 Å². The molecule has 1 atom stereocenters. The maximum atomic E-state index is 13.5. The van der Waals surface area contributed by atoms with Crippen LogP contribution in [-0.2, 0) is 10.0 Å². The molecule has 1 aromatic carbocycles. The van der Waals surface area contributed by atoms with Gasteiger partial charge in [0.15, 0.2) is 0 Å². The van der Waals surface area contributed by atoms with Crippen LogP contribution < -0.4 is 5.73 Å². The molecule has 0 amide bonds. The van der Waals surface area contributed by atoms with Gasteiger partial charge >= 0.3 is 0 Å². The summed E-state index contributed by atoms with van der Waals surface area (Å²) in [5, 5.41) is 0. The predicted molar refractivity (Wildman–Crippen MR) is 67.2 cm³/mol. The smallest absolute Gasteiger partial charge is 0.243 e. The fourth-order valence-corrected chi connectivity index (χ4v) is 3.86. The van der Waals surface area contributed by atoms with Crippen LogP contribution in [0.5, 0.6) is 0 Å². The van der Waals surface area contributed by atoms with E-state index in [0.717, 1.165) is 0 Å². The summed E-state index contributed by atoms with van der Waals surface area (Å²) in [5.41, 5.74) is 6.41. The summed E-state index contributed by atoms with van der Waals surface area (Å²) in [6.45, 7) is 3.89. The Morgan fingerprint density at radius 2 is 1.89 bits per heavy atom. The first-order chi connectivity index (χ1) is 8.32. The summed E-state index contributed by atoms with van der Waals surface area (Å²) < 4.78 is 39.6. The van der Waals surface area contributed by atoms with E-state index in [-0.39, 0.29) is 16.8 Å². The van der Waals surface area contributed by atoms with Crippen molar-refractivity contribution >= 4 is 10.0 Å². The molecule has 1 saturated heterocycles. The average Bonchev–Trinajstić information content (AvgIpc) is 2.72. The molecule has 0 bridgehead atoms. The van der Waals surface area contributed by atoms with Gasteiger partial charge in [-0.1, -0.05) is 0 Å². The van der Waals surface area contributed by atoms with Crippen LogP contribution in [0.25, 0.3) is 0 Å². The zero-order valence-electron chi connectivity index (χ0n) is 10.5. The second-order valence-electron chi connectivity index (χ2n) is 4.78. The lowest BCUT2D eigenvalue weighted by Gasteiger charge is -2.17. The summed E-state index contributed by atoms with van der Waals surface area (Å²) in [5.74, 6) is -0.355. The van der Waals surface area contributed by atoms with Crippen molar-refractivity contribution in [3.8, 4) is 0 Å². The van der Waals surface area contributed by atoms with Crippen LogP contribution in [0.1, 0.15) is 17.5 Å². The number of hydrogen-bond acceptors (Lipinski definition) is 3. The van der Waals surface area contributed by atoms with Crippen LogP contribution in [-0.4, -0.2) is 31.9 Å². The van der Waals surface area contributed by atoms with Gasteiger partial charge in [-0.25, -0.2) is 12.8 Å². The standard InChI is InChI=1S/C12H17FN2O2S/c1-8-5-11(6-9(2)12(8)13)18(16,17)15-4-3-10(14)7-15/h5-6,10H,3-4,7,14H2,1-2H3/t10-/m1/s1. The topological polar surface area (TPSA) is 63.4 Å². The molecule has 2 rings (SSSR count). The van der Waals surface area contributed by atoms with Gasteiger partial charge in [0.25, 0.3) is 0 Å². The Morgan fingerprint density at radius 3 is 2.33 bits per heavy atom. The molecule has 1 aliphatic heterocycles. The van der Waals surface area contributed by atoms with E-state index in [4.69, 9.17) is 5.73 Å². The van der Waals surface area contributed by atoms with Crippen molar-refractivity contribution in [1.29, 1.82) is 0 Å². The first kappa shape index (κ1) is 13.5. The summed E-state index contributed by atoms with van der Waals surface area (Å²) in [6, 6.07) is 2.64. The van der Waals surface area contributed by atoms with Crippen molar-refractivity contribution in [3.05, 3.63) is 29.1 Å². The molecule has 0 aromatic heterocycles. The Balaban J connectivity index is 2.42. The highest BCUT2D eigenvalue weighted by Gasteiger charge is 2.31. The number of rotatable bonds is 2. The number of aryl methyl sites for hydroxylation is 2. The number of nitrogens with zero attached hydrogens (tertiary/aromatic N) is 1. The Morgan fingerprint density at radius 1 is 1.33 bits per heavy atom. The lowest BCUT2D eigenvalue weighted by atomic mass is 10.1. The first-order valence-corrected chi connectivity index (χ1v) is 7.29. The van der Waals surface area contributed by atoms with Crippen LogP contribution >= 0.6 is 0 Å². The molecule has 0 saturated carbocycles. The van der Waals surface area contributed by atoms with Crippen molar-refractivity contribution in [1.82, 2.24) is 4.31 Å². The Labute approximate surface area is 107 Å². The van der Waals surface area contributed by atoms with Crippen molar-refractivity contribution in [2.24, 2.45) is 5.73 Å². The molecule has 0 spiro atoms. The minimum absolute atomic E-state index is 0.109. The Hall–Kier alpha value is -0.980. The van der Waals surface area contributed by atoms with E-state index in [0.29, 0.717) is 30.6 Å². The summed E-state index contributed by atoms with van der Waals surface area (Å²) in [4.78, 5) is 0.146. The molecule has 6 heteroatoms. The van der Waals surface area contributed by atoms with Gasteiger partial charge in [-0.2, -0.15) is 4.31 Å². The normalized spacial score (nSPS) is 21.4. The van der Waals surface area contributed by atoms with Crippen LogP contribution in [0.15, 0.2) is 17.0 Å². The maximum Gasteiger partial charge on any atom is 0.243 e. The maximum absolute atomic E-state index is 13.5. The monoisotopic (exact) mass is 272 g/mol. The van der Waals surface area contributed by atoms with Crippen molar-refractivity contribution in [2.75, 3.05) is 13.1 Å². The predicted octanol–water partition coefficient (Wildman–Crippen LogP) is 1.16. The molecule has 18 heavy (non-hydrogen) atoms. The molecule has 0 unspecified atom stereocenters. The molecule has 1 fully saturated rings. The minimum atomic E-state index is -3.55. The van der Waals surface area contributed by atoms with E-state index in [1.807, 2.05) is 0 Å². The van der Waals surface area contributed by atoms with Gasteiger partial charge in [0.2, 0.25) is 10.0 Å². The van der Waals surface area contributed by atoms with Crippen molar-refractivity contribution in [2.45, 2.75) is 31.2 Å². The van der Waals surface area contributed by atoms with Crippen LogP contribution in [0.2, 0.25) is 0 Å². The van der Waals surface area contributed by atoms with Crippen LogP contribution in [0.3, 0.4) is 0 Å². The zero-order chi connectivity index (χ0) is 13.5. The minimum Gasteiger partial charge on any atom is -0.326 e. The van der Waals surface area contributed by atoms with Crippen LogP contribution in [0.4, 0.5) is 4.39 Å². The SMILES string of the molecule is Cc1cc(S(=O)(=O)N2CC[C@@H](N)C2)cc(C)c1F. The van der Waals surface area contributed by atoms with E-state index in [1.165, 1.54) is 16.4 Å². The third-order valence-electron chi connectivity index (χ3n) is 3.24. The number of hydrogen-bond donors (Lipinski definition) is 1. The quantitative estimate of drug-likeness (QED) is 0.879. The van der Waals surface area contributed by atoms with E-state index >= 15 is 0 Å². The van der Waals surface area contributed by atoms with E-state index in [1.54, 1.807) is 13.8 Å². The van der Waals surface area contributed by atoms with E-state index in [2.05, 4.69) is 0 Å². The largest absolute Gasteiger partial charge is 0.326 e. The molecule has 2 N–H and O–H groups in total. The molecule has 100 valence electrons. The molecule has 1 aliphatic rings. The fourth-order valence-electron chi connectivity index (χ4n) is 2.18. The van der Waals surface area contributed by atoms with E-state index < -0.39 is 10.0 Å². The summed E-state index contributed by atoms with van der Waals surface area (Å²) >= 11 is 0. The second-order valence-corrected chi connectivity index (χ2v) is 6.72. The number of benzene rings is 1. The molecule has 0 aliphatic carbocycles. The highest BCUT2D eigenvalue weighted by Crippen LogP contribution is 2.24. The zero-order valence-corrected chi connectivity index (χ0v) is 11.3. The van der Waals surface area contributed by atoms with Crippen molar-refractivity contribution < 1.29 is 12.8 Å². The second kappa shape index (κ2) is 4.60. The molecule has 0 radical (unpaired) electrons. The molecule has 1 aromatic rings. The Kier molecular flexibility index (Phi) is 3.44. The van der Waals surface area contributed by atoms with Gasteiger partial charge < -0.3 is 5.73 Å². The molecular weight excluding hydrogens is 255 g/mol.